The van der Waals surface area contributed by atoms with E-state index < -0.39 is 12.0 Å². The molecule has 1 aromatic carbocycles. The largest absolute Gasteiger partial charge is 0.451 e. The van der Waals surface area contributed by atoms with E-state index in [1.54, 1.807) is 19.1 Å². The van der Waals surface area contributed by atoms with Crippen LogP contribution in [0.4, 0.5) is 30.4 Å². The molecule has 0 radical (unpaired) electrons. The summed E-state index contributed by atoms with van der Waals surface area (Å²) in [5.41, 5.74) is 2.43. The lowest BCUT2D eigenvalue weighted by Gasteiger charge is -2.15. The van der Waals surface area contributed by atoms with E-state index in [0.717, 1.165) is 5.69 Å². The molecule has 2 heterocycles. The van der Waals surface area contributed by atoms with Crippen molar-refractivity contribution >= 4 is 28.2 Å². The number of benzene rings is 1. The molecule has 0 saturated heterocycles. The van der Waals surface area contributed by atoms with Gasteiger partial charge in [-0.15, -0.1) is 0 Å². The SMILES string of the molecule is Cc1cc2c(Nc3cccc(N(C)C)c3)nc(C(F)(F)F)nc2[nH]1. The summed E-state index contributed by atoms with van der Waals surface area (Å²) in [4.78, 5) is 12.0. The van der Waals surface area contributed by atoms with Gasteiger partial charge >= 0.3 is 6.18 Å². The standard InChI is InChI=1S/C16H16F3N5/c1-9-7-12-13(20-9)22-15(16(17,18)19)23-14(12)21-10-5-4-6-11(8-10)24(2)3/h4-8H,1-3H3,(H2,20,21,22,23). The molecule has 3 aromatic rings. The highest BCUT2D eigenvalue weighted by Gasteiger charge is 2.35. The summed E-state index contributed by atoms with van der Waals surface area (Å²) in [6.07, 6.45) is -4.62. The topological polar surface area (TPSA) is 56.8 Å². The monoisotopic (exact) mass is 335 g/mol. The molecule has 0 unspecified atom stereocenters. The number of halogens is 3. The Morgan fingerprint density at radius 3 is 2.54 bits per heavy atom. The first kappa shape index (κ1) is 16.1. The number of rotatable bonds is 3. The van der Waals surface area contributed by atoms with Gasteiger partial charge in [0, 0.05) is 31.2 Å². The van der Waals surface area contributed by atoms with Crippen molar-refractivity contribution in [2.75, 3.05) is 24.3 Å². The highest BCUT2D eigenvalue weighted by Crippen LogP contribution is 2.32. The van der Waals surface area contributed by atoms with Crippen LogP contribution in [0.25, 0.3) is 11.0 Å². The second-order valence-corrected chi connectivity index (χ2v) is 5.68. The Balaban J connectivity index is 2.09. The number of aryl methyl sites for hydroxylation is 1. The third-order valence-corrected chi connectivity index (χ3v) is 3.50. The van der Waals surface area contributed by atoms with E-state index in [1.165, 1.54) is 0 Å². The third-order valence-electron chi connectivity index (χ3n) is 3.50. The first-order valence-electron chi connectivity index (χ1n) is 7.23. The van der Waals surface area contributed by atoms with E-state index in [1.807, 2.05) is 37.2 Å². The summed E-state index contributed by atoms with van der Waals surface area (Å²) in [5, 5.41) is 3.48. The number of hydrogen-bond acceptors (Lipinski definition) is 4. The second-order valence-electron chi connectivity index (χ2n) is 5.68. The van der Waals surface area contributed by atoms with Crippen LogP contribution in [0.1, 0.15) is 11.5 Å². The zero-order valence-electron chi connectivity index (χ0n) is 13.4. The van der Waals surface area contributed by atoms with Crippen molar-refractivity contribution < 1.29 is 13.2 Å². The fourth-order valence-corrected chi connectivity index (χ4v) is 2.36. The van der Waals surface area contributed by atoms with Gasteiger partial charge in [-0.25, -0.2) is 9.97 Å². The molecule has 126 valence electrons. The minimum Gasteiger partial charge on any atom is -0.378 e. The van der Waals surface area contributed by atoms with Crippen LogP contribution in [0.2, 0.25) is 0 Å². The lowest BCUT2D eigenvalue weighted by molar-refractivity contribution is -0.144. The molecule has 0 spiro atoms. The van der Waals surface area contributed by atoms with Crippen molar-refractivity contribution in [3.8, 4) is 0 Å². The van der Waals surface area contributed by atoms with Crippen LogP contribution in [0.3, 0.4) is 0 Å². The number of nitrogens with zero attached hydrogens (tertiary/aromatic N) is 3. The number of hydrogen-bond donors (Lipinski definition) is 2. The maximum atomic E-state index is 13.0. The molecule has 0 aliphatic carbocycles. The molecule has 0 fully saturated rings. The van der Waals surface area contributed by atoms with Gasteiger partial charge in [-0.05, 0) is 31.2 Å². The van der Waals surface area contributed by atoms with E-state index >= 15 is 0 Å². The van der Waals surface area contributed by atoms with Crippen molar-refractivity contribution in [2.45, 2.75) is 13.1 Å². The van der Waals surface area contributed by atoms with E-state index in [2.05, 4.69) is 20.3 Å². The normalized spacial score (nSPS) is 11.8. The van der Waals surface area contributed by atoms with E-state index in [-0.39, 0.29) is 11.5 Å². The third kappa shape index (κ3) is 3.12. The van der Waals surface area contributed by atoms with E-state index in [9.17, 15) is 13.2 Å². The van der Waals surface area contributed by atoms with Crippen LogP contribution < -0.4 is 10.2 Å². The molecular formula is C16H16F3N5. The quantitative estimate of drug-likeness (QED) is 0.757. The Hall–Kier alpha value is -2.77. The van der Waals surface area contributed by atoms with Crippen molar-refractivity contribution in [1.29, 1.82) is 0 Å². The number of aromatic nitrogens is 3. The predicted molar refractivity (Wildman–Crippen MR) is 87.7 cm³/mol. The Morgan fingerprint density at radius 2 is 1.88 bits per heavy atom. The maximum Gasteiger partial charge on any atom is 0.451 e. The first-order chi connectivity index (χ1) is 11.2. The van der Waals surface area contributed by atoms with Gasteiger partial charge in [0.15, 0.2) is 0 Å². The highest BCUT2D eigenvalue weighted by molar-refractivity contribution is 5.90. The van der Waals surface area contributed by atoms with Crippen molar-refractivity contribution in [1.82, 2.24) is 15.0 Å². The average molecular weight is 335 g/mol. The van der Waals surface area contributed by atoms with Gasteiger partial charge in [-0.3, -0.25) is 0 Å². The van der Waals surface area contributed by atoms with Crippen LogP contribution >= 0.6 is 0 Å². The van der Waals surface area contributed by atoms with Crippen LogP contribution in [0.5, 0.6) is 0 Å². The smallest absolute Gasteiger partial charge is 0.378 e. The van der Waals surface area contributed by atoms with Crippen molar-refractivity contribution in [2.24, 2.45) is 0 Å². The predicted octanol–water partition coefficient (Wildman–Crippen LogP) is 4.09. The fraction of sp³-hybridized carbons (Fsp3) is 0.250. The van der Waals surface area contributed by atoms with Crippen LogP contribution in [0, 0.1) is 6.92 Å². The van der Waals surface area contributed by atoms with Crippen molar-refractivity contribution in [3.63, 3.8) is 0 Å². The van der Waals surface area contributed by atoms with Crippen LogP contribution in [-0.2, 0) is 6.18 Å². The van der Waals surface area contributed by atoms with Crippen LogP contribution in [0.15, 0.2) is 30.3 Å². The molecule has 0 atom stereocenters. The summed E-state index contributed by atoms with van der Waals surface area (Å²) in [6, 6.07) is 9.05. The molecule has 0 amide bonds. The Morgan fingerprint density at radius 1 is 1.12 bits per heavy atom. The summed E-state index contributed by atoms with van der Waals surface area (Å²) in [6.45, 7) is 1.76. The maximum absolute atomic E-state index is 13.0. The zero-order chi connectivity index (χ0) is 17.5. The lowest BCUT2D eigenvalue weighted by atomic mass is 10.2. The molecule has 0 aliphatic heterocycles. The average Bonchev–Trinajstić information content (AvgIpc) is 2.87. The van der Waals surface area contributed by atoms with Crippen LogP contribution in [-0.4, -0.2) is 29.0 Å². The molecule has 0 bridgehead atoms. The van der Waals surface area contributed by atoms with E-state index in [4.69, 9.17) is 0 Å². The number of alkyl halides is 3. The molecule has 0 aliphatic rings. The summed E-state index contributed by atoms with van der Waals surface area (Å²) >= 11 is 0. The minimum atomic E-state index is -4.62. The molecule has 5 nitrogen and oxygen atoms in total. The Bertz CT molecular complexity index is 883. The zero-order valence-corrected chi connectivity index (χ0v) is 13.4. The van der Waals surface area contributed by atoms with E-state index in [0.29, 0.717) is 16.8 Å². The second kappa shape index (κ2) is 5.70. The molecule has 24 heavy (non-hydrogen) atoms. The molecule has 8 heteroatoms. The number of fused-ring (bicyclic) bond motifs is 1. The molecule has 0 saturated carbocycles. The first-order valence-corrected chi connectivity index (χ1v) is 7.23. The number of anilines is 3. The Kier molecular flexibility index (Phi) is 3.82. The fourth-order valence-electron chi connectivity index (χ4n) is 2.36. The van der Waals surface area contributed by atoms with Gasteiger partial charge < -0.3 is 15.2 Å². The van der Waals surface area contributed by atoms with Gasteiger partial charge in [0.25, 0.3) is 0 Å². The summed E-state index contributed by atoms with van der Waals surface area (Å²) in [5.74, 6) is -1.06. The van der Waals surface area contributed by atoms with Gasteiger partial charge in [0.1, 0.15) is 11.5 Å². The minimum absolute atomic E-state index is 0.118. The highest BCUT2D eigenvalue weighted by atomic mass is 19.4. The summed E-state index contributed by atoms with van der Waals surface area (Å²) < 4.78 is 39.1. The van der Waals surface area contributed by atoms with Gasteiger partial charge in [0.05, 0.1) is 5.39 Å². The van der Waals surface area contributed by atoms with Gasteiger partial charge in [0.2, 0.25) is 5.82 Å². The molecule has 2 N–H and O–H groups in total. The number of aromatic amines is 1. The van der Waals surface area contributed by atoms with Crippen molar-refractivity contribution in [3.05, 3.63) is 41.9 Å². The summed E-state index contributed by atoms with van der Waals surface area (Å²) in [7, 11) is 3.78. The molecular weight excluding hydrogens is 319 g/mol. The lowest BCUT2D eigenvalue weighted by Crippen LogP contribution is -2.12. The van der Waals surface area contributed by atoms with Gasteiger partial charge in [-0.1, -0.05) is 6.07 Å². The molecule has 2 aromatic heterocycles. The number of nitrogens with one attached hydrogen (secondary N) is 2. The number of H-pyrrole nitrogens is 1. The Labute approximate surface area is 136 Å². The van der Waals surface area contributed by atoms with Gasteiger partial charge in [-0.2, -0.15) is 13.2 Å². The molecule has 3 rings (SSSR count).